The number of benzene rings is 1. The Labute approximate surface area is 145 Å². The predicted molar refractivity (Wildman–Crippen MR) is 98.1 cm³/mol. The maximum Gasteiger partial charge on any atom is 0.191 e. The third-order valence-corrected chi connectivity index (χ3v) is 3.27. The van der Waals surface area contributed by atoms with E-state index in [1.54, 1.807) is 14.2 Å². The number of rotatable bonds is 11. The Morgan fingerprint density at radius 3 is 2.58 bits per heavy atom. The summed E-state index contributed by atoms with van der Waals surface area (Å²) < 4.78 is 16.1. The minimum absolute atomic E-state index is 0.573. The normalized spacial score (nSPS) is 11.2. The maximum atomic E-state index is 5.68. The van der Waals surface area contributed by atoms with Gasteiger partial charge in [0.25, 0.3) is 0 Å². The Balaban J connectivity index is 2.66. The number of hydrogen-bond acceptors (Lipinski definition) is 4. The van der Waals surface area contributed by atoms with Gasteiger partial charge in [0.2, 0.25) is 0 Å². The van der Waals surface area contributed by atoms with Crippen LogP contribution >= 0.6 is 0 Å². The second-order valence-electron chi connectivity index (χ2n) is 5.30. The van der Waals surface area contributed by atoms with Crippen LogP contribution in [0.2, 0.25) is 0 Å². The Bertz CT molecular complexity index is 492. The van der Waals surface area contributed by atoms with Crippen molar-refractivity contribution >= 4 is 5.96 Å². The molecule has 0 unspecified atom stereocenters. The third-order valence-electron chi connectivity index (χ3n) is 3.27. The summed E-state index contributed by atoms with van der Waals surface area (Å²) in [6.07, 6.45) is 1.91. The van der Waals surface area contributed by atoms with Crippen LogP contribution in [0.4, 0.5) is 0 Å². The van der Waals surface area contributed by atoms with Crippen LogP contribution in [0, 0.1) is 0 Å². The van der Waals surface area contributed by atoms with Crippen molar-refractivity contribution in [2.75, 3.05) is 40.5 Å². The molecule has 1 aromatic carbocycles. The van der Waals surface area contributed by atoms with Gasteiger partial charge in [-0.1, -0.05) is 13.0 Å². The molecule has 136 valence electrons. The standard InChI is InChI=1S/C18H31N3O3/c1-5-11-24-16-9-8-15(13-17(16)23-4)14-21-18(19-6-2)20-10-7-12-22-3/h8-9,13H,5-7,10-12,14H2,1-4H3,(H2,19,20,21). The molecule has 0 aliphatic rings. The molecule has 0 aliphatic heterocycles. The van der Waals surface area contributed by atoms with Gasteiger partial charge in [-0.15, -0.1) is 0 Å². The summed E-state index contributed by atoms with van der Waals surface area (Å²) in [5.74, 6) is 2.32. The fourth-order valence-corrected chi connectivity index (χ4v) is 2.08. The van der Waals surface area contributed by atoms with Crippen LogP contribution in [-0.4, -0.2) is 46.5 Å². The van der Waals surface area contributed by atoms with Crippen LogP contribution < -0.4 is 20.1 Å². The molecule has 0 amide bonds. The summed E-state index contributed by atoms with van der Waals surface area (Å²) in [6, 6.07) is 5.94. The molecule has 6 nitrogen and oxygen atoms in total. The van der Waals surface area contributed by atoms with Crippen LogP contribution in [-0.2, 0) is 11.3 Å². The van der Waals surface area contributed by atoms with Crippen molar-refractivity contribution in [2.45, 2.75) is 33.2 Å². The molecule has 0 aromatic heterocycles. The lowest BCUT2D eigenvalue weighted by molar-refractivity contribution is 0.195. The van der Waals surface area contributed by atoms with Crippen LogP contribution in [0.5, 0.6) is 11.5 Å². The van der Waals surface area contributed by atoms with E-state index in [-0.39, 0.29) is 0 Å². The highest BCUT2D eigenvalue weighted by molar-refractivity contribution is 5.79. The largest absolute Gasteiger partial charge is 0.493 e. The first-order chi connectivity index (χ1) is 11.7. The van der Waals surface area contributed by atoms with Gasteiger partial charge in [-0.25, -0.2) is 4.99 Å². The summed E-state index contributed by atoms with van der Waals surface area (Å²) in [7, 11) is 3.36. The fraction of sp³-hybridized carbons (Fsp3) is 0.611. The van der Waals surface area contributed by atoms with E-state index in [9.17, 15) is 0 Å². The molecule has 24 heavy (non-hydrogen) atoms. The number of nitrogens with one attached hydrogen (secondary N) is 2. The molecule has 0 spiro atoms. The second kappa shape index (κ2) is 12.5. The lowest BCUT2D eigenvalue weighted by Crippen LogP contribution is -2.38. The SMILES string of the molecule is CCCOc1ccc(CN=C(NCC)NCCCOC)cc1OC. The minimum Gasteiger partial charge on any atom is -0.493 e. The molecule has 2 N–H and O–H groups in total. The van der Waals surface area contributed by atoms with E-state index in [0.717, 1.165) is 55.6 Å². The van der Waals surface area contributed by atoms with Crippen LogP contribution in [0.1, 0.15) is 32.3 Å². The van der Waals surface area contributed by atoms with Crippen molar-refractivity contribution < 1.29 is 14.2 Å². The number of aliphatic imine (C=N–C) groups is 1. The van der Waals surface area contributed by atoms with Gasteiger partial charge in [-0.05, 0) is 37.5 Å². The molecule has 1 aromatic rings. The van der Waals surface area contributed by atoms with E-state index in [0.29, 0.717) is 13.2 Å². The summed E-state index contributed by atoms with van der Waals surface area (Å²) in [4.78, 5) is 4.61. The smallest absolute Gasteiger partial charge is 0.191 e. The van der Waals surface area contributed by atoms with E-state index in [1.165, 1.54) is 0 Å². The summed E-state index contributed by atoms with van der Waals surface area (Å²) in [5.41, 5.74) is 1.07. The van der Waals surface area contributed by atoms with E-state index < -0.39 is 0 Å². The number of guanidine groups is 1. The molecule has 0 atom stereocenters. The number of nitrogens with zero attached hydrogens (tertiary/aromatic N) is 1. The average Bonchev–Trinajstić information content (AvgIpc) is 2.61. The highest BCUT2D eigenvalue weighted by Gasteiger charge is 2.06. The van der Waals surface area contributed by atoms with Crippen LogP contribution in [0.3, 0.4) is 0 Å². The van der Waals surface area contributed by atoms with Crippen LogP contribution in [0.25, 0.3) is 0 Å². The Morgan fingerprint density at radius 2 is 1.92 bits per heavy atom. The topological polar surface area (TPSA) is 64.1 Å². The van der Waals surface area contributed by atoms with E-state index >= 15 is 0 Å². The molecule has 0 radical (unpaired) electrons. The molecular formula is C18H31N3O3. The number of hydrogen-bond donors (Lipinski definition) is 2. The van der Waals surface area contributed by atoms with Crippen molar-refractivity contribution in [3.63, 3.8) is 0 Å². The summed E-state index contributed by atoms with van der Waals surface area (Å²) >= 11 is 0. The van der Waals surface area contributed by atoms with Gasteiger partial charge in [0, 0.05) is 26.8 Å². The predicted octanol–water partition coefficient (Wildman–Crippen LogP) is 2.58. The number of methoxy groups -OCH3 is 2. The molecule has 0 aliphatic carbocycles. The zero-order valence-electron chi connectivity index (χ0n) is 15.4. The Kier molecular flexibility index (Phi) is 10.4. The molecule has 0 bridgehead atoms. The van der Waals surface area contributed by atoms with Crippen molar-refractivity contribution in [3.8, 4) is 11.5 Å². The zero-order chi connectivity index (χ0) is 17.6. The van der Waals surface area contributed by atoms with E-state index in [1.807, 2.05) is 18.2 Å². The van der Waals surface area contributed by atoms with Gasteiger partial charge in [0.05, 0.1) is 20.3 Å². The second-order valence-corrected chi connectivity index (χ2v) is 5.30. The van der Waals surface area contributed by atoms with E-state index in [2.05, 4.69) is 29.5 Å². The highest BCUT2D eigenvalue weighted by Crippen LogP contribution is 2.28. The maximum absolute atomic E-state index is 5.68. The van der Waals surface area contributed by atoms with Crippen molar-refractivity contribution in [1.82, 2.24) is 10.6 Å². The van der Waals surface area contributed by atoms with Crippen molar-refractivity contribution in [3.05, 3.63) is 23.8 Å². The van der Waals surface area contributed by atoms with Crippen molar-refractivity contribution in [1.29, 1.82) is 0 Å². The molecule has 0 heterocycles. The molecule has 0 fully saturated rings. The van der Waals surface area contributed by atoms with Crippen LogP contribution in [0.15, 0.2) is 23.2 Å². The minimum atomic E-state index is 0.573. The Morgan fingerprint density at radius 1 is 1.08 bits per heavy atom. The van der Waals surface area contributed by atoms with Gasteiger partial charge in [0.15, 0.2) is 17.5 Å². The molecule has 0 saturated heterocycles. The summed E-state index contributed by atoms with van der Waals surface area (Å²) in [5, 5.41) is 6.54. The lowest BCUT2D eigenvalue weighted by Gasteiger charge is -2.13. The lowest BCUT2D eigenvalue weighted by atomic mass is 10.2. The molecule has 1 rings (SSSR count). The van der Waals surface area contributed by atoms with Gasteiger partial charge >= 0.3 is 0 Å². The van der Waals surface area contributed by atoms with Gasteiger partial charge in [0.1, 0.15) is 0 Å². The van der Waals surface area contributed by atoms with Gasteiger partial charge in [-0.3, -0.25) is 0 Å². The molecule has 0 saturated carbocycles. The first kappa shape index (κ1) is 20.1. The first-order valence-corrected chi connectivity index (χ1v) is 8.55. The quantitative estimate of drug-likeness (QED) is 0.369. The molecule has 6 heteroatoms. The average molecular weight is 337 g/mol. The third kappa shape index (κ3) is 7.55. The van der Waals surface area contributed by atoms with Crippen molar-refractivity contribution in [2.24, 2.45) is 4.99 Å². The molecular weight excluding hydrogens is 306 g/mol. The highest BCUT2D eigenvalue weighted by atomic mass is 16.5. The Hall–Kier alpha value is -1.95. The van der Waals surface area contributed by atoms with E-state index in [4.69, 9.17) is 14.2 Å². The first-order valence-electron chi connectivity index (χ1n) is 8.55. The van der Waals surface area contributed by atoms with Gasteiger partial charge in [-0.2, -0.15) is 0 Å². The monoisotopic (exact) mass is 337 g/mol. The zero-order valence-corrected chi connectivity index (χ0v) is 15.4. The number of ether oxygens (including phenoxy) is 3. The fourth-order valence-electron chi connectivity index (χ4n) is 2.08. The van der Waals surface area contributed by atoms with Gasteiger partial charge < -0.3 is 24.8 Å². The summed E-state index contributed by atoms with van der Waals surface area (Å²) in [6.45, 7) is 7.78.